The Morgan fingerprint density at radius 1 is 1.25 bits per heavy atom. The van der Waals surface area contributed by atoms with E-state index in [0.29, 0.717) is 19.4 Å². The molecule has 0 aromatic heterocycles. The molecule has 0 bridgehead atoms. The number of carboxylic acids is 1. The van der Waals surface area contributed by atoms with Gasteiger partial charge in [-0.05, 0) is 25.2 Å². The van der Waals surface area contributed by atoms with Gasteiger partial charge in [0, 0.05) is 13.2 Å². The lowest BCUT2D eigenvalue weighted by Gasteiger charge is -2.29. The molecular weight excluding hydrogens is 258 g/mol. The van der Waals surface area contributed by atoms with Gasteiger partial charge in [-0.15, -0.1) is 0 Å². The van der Waals surface area contributed by atoms with Crippen molar-refractivity contribution in [3.8, 4) is 0 Å². The molecule has 2 aliphatic rings. The van der Waals surface area contributed by atoms with Crippen LogP contribution in [0.15, 0.2) is 0 Å². The summed E-state index contributed by atoms with van der Waals surface area (Å²) < 4.78 is 5.43. The van der Waals surface area contributed by atoms with Gasteiger partial charge < -0.3 is 15.2 Å². The lowest BCUT2D eigenvalue weighted by molar-refractivity contribution is -0.150. The van der Waals surface area contributed by atoms with E-state index < -0.39 is 17.5 Å². The molecule has 114 valence electrons. The van der Waals surface area contributed by atoms with Crippen LogP contribution in [0.2, 0.25) is 0 Å². The Morgan fingerprint density at radius 2 is 1.90 bits per heavy atom. The maximum atomic E-state index is 12.1. The predicted molar refractivity (Wildman–Crippen MR) is 74.3 cm³/mol. The third-order valence-corrected chi connectivity index (χ3v) is 4.76. The lowest BCUT2D eigenvalue weighted by Crippen LogP contribution is -2.46. The number of hydrogen-bond acceptors (Lipinski definition) is 3. The smallest absolute Gasteiger partial charge is 0.311 e. The molecule has 0 radical (unpaired) electrons. The summed E-state index contributed by atoms with van der Waals surface area (Å²) in [6.45, 7) is 2.84. The zero-order valence-corrected chi connectivity index (χ0v) is 12.2. The van der Waals surface area contributed by atoms with Crippen LogP contribution in [-0.2, 0) is 14.3 Å². The molecule has 1 saturated heterocycles. The molecule has 1 amide bonds. The minimum Gasteiger partial charge on any atom is -0.481 e. The van der Waals surface area contributed by atoms with E-state index in [1.165, 1.54) is 0 Å². The van der Waals surface area contributed by atoms with Crippen molar-refractivity contribution in [1.82, 2.24) is 5.32 Å². The second kappa shape index (κ2) is 6.57. The second-order valence-corrected chi connectivity index (χ2v) is 6.27. The van der Waals surface area contributed by atoms with Gasteiger partial charge >= 0.3 is 5.97 Å². The average molecular weight is 283 g/mol. The zero-order valence-electron chi connectivity index (χ0n) is 12.2. The fourth-order valence-electron chi connectivity index (χ4n) is 3.26. The first-order chi connectivity index (χ1) is 9.55. The van der Waals surface area contributed by atoms with Gasteiger partial charge in [0.25, 0.3) is 0 Å². The number of carbonyl (C=O) groups is 2. The van der Waals surface area contributed by atoms with Crippen LogP contribution in [-0.4, -0.2) is 36.2 Å². The van der Waals surface area contributed by atoms with Crippen LogP contribution in [0.4, 0.5) is 0 Å². The van der Waals surface area contributed by atoms with Crippen molar-refractivity contribution in [2.75, 3.05) is 13.2 Å². The van der Waals surface area contributed by atoms with E-state index in [4.69, 9.17) is 4.74 Å². The third kappa shape index (κ3) is 3.32. The quantitative estimate of drug-likeness (QED) is 0.773. The van der Waals surface area contributed by atoms with E-state index in [9.17, 15) is 14.7 Å². The van der Waals surface area contributed by atoms with Crippen LogP contribution in [0, 0.1) is 11.3 Å². The molecule has 1 heterocycles. The van der Waals surface area contributed by atoms with E-state index in [-0.39, 0.29) is 18.4 Å². The first-order valence-electron chi connectivity index (χ1n) is 7.68. The van der Waals surface area contributed by atoms with Crippen molar-refractivity contribution < 1.29 is 19.4 Å². The largest absolute Gasteiger partial charge is 0.481 e. The normalized spacial score (nSPS) is 29.6. The predicted octanol–water partition coefficient (Wildman–Crippen LogP) is 1.95. The molecule has 1 aliphatic heterocycles. The summed E-state index contributed by atoms with van der Waals surface area (Å²) in [6, 6.07) is 0. The van der Waals surface area contributed by atoms with E-state index in [0.717, 1.165) is 32.1 Å². The first kappa shape index (κ1) is 15.3. The SMILES string of the molecule is CC1CCOC1C(=O)NCC1(C(=O)O)CCCCCC1. The Bertz CT molecular complexity index is 361. The molecule has 2 rings (SSSR count). The highest BCUT2D eigenvalue weighted by atomic mass is 16.5. The fourth-order valence-corrected chi connectivity index (χ4v) is 3.26. The average Bonchev–Trinajstić information content (AvgIpc) is 2.71. The maximum absolute atomic E-state index is 12.1. The summed E-state index contributed by atoms with van der Waals surface area (Å²) in [5, 5.41) is 12.4. The van der Waals surface area contributed by atoms with E-state index >= 15 is 0 Å². The highest BCUT2D eigenvalue weighted by Crippen LogP contribution is 2.35. The van der Waals surface area contributed by atoms with Gasteiger partial charge in [0.1, 0.15) is 6.10 Å². The van der Waals surface area contributed by atoms with Gasteiger partial charge in [-0.25, -0.2) is 0 Å². The van der Waals surface area contributed by atoms with Crippen molar-refractivity contribution in [2.45, 2.75) is 58.0 Å². The third-order valence-electron chi connectivity index (χ3n) is 4.76. The minimum absolute atomic E-state index is 0.153. The van der Waals surface area contributed by atoms with Crippen LogP contribution in [0.3, 0.4) is 0 Å². The highest BCUT2D eigenvalue weighted by molar-refractivity contribution is 5.82. The van der Waals surface area contributed by atoms with Gasteiger partial charge in [0.15, 0.2) is 0 Å². The molecule has 1 aliphatic carbocycles. The van der Waals surface area contributed by atoms with E-state index in [1.54, 1.807) is 0 Å². The number of hydrogen-bond donors (Lipinski definition) is 2. The van der Waals surface area contributed by atoms with Crippen LogP contribution >= 0.6 is 0 Å². The molecule has 1 saturated carbocycles. The minimum atomic E-state index is -0.784. The maximum Gasteiger partial charge on any atom is 0.311 e. The van der Waals surface area contributed by atoms with Crippen molar-refractivity contribution in [3.63, 3.8) is 0 Å². The number of aliphatic carboxylic acids is 1. The fraction of sp³-hybridized carbons (Fsp3) is 0.867. The second-order valence-electron chi connectivity index (χ2n) is 6.27. The van der Waals surface area contributed by atoms with Gasteiger partial charge in [0.05, 0.1) is 5.41 Å². The summed E-state index contributed by atoms with van der Waals surface area (Å²) in [5.74, 6) is -0.718. The number of ether oxygens (including phenoxy) is 1. The number of carbonyl (C=O) groups excluding carboxylic acids is 1. The van der Waals surface area contributed by atoms with Crippen LogP contribution in [0.1, 0.15) is 51.9 Å². The number of amides is 1. The van der Waals surface area contributed by atoms with Crippen LogP contribution in [0.5, 0.6) is 0 Å². The monoisotopic (exact) mass is 283 g/mol. The first-order valence-corrected chi connectivity index (χ1v) is 7.68. The summed E-state index contributed by atoms with van der Waals surface area (Å²) in [4.78, 5) is 23.8. The lowest BCUT2D eigenvalue weighted by atomic mass is 9.80. The molecule has 2 unspecified atom stereocenters. The molecule has 0 aromatic rings. The number of rotatable bonds is 4. The Labute approximate surface area is 120 Å². The molecule has 0 aromatic carbocycles. The summed E-state index contributed by atoms with van der Waals surface area (Å²) in [7, 11) is 0. The topological polar surface area (TPSA) is 75.6 Å². The van der Waals surface area contributed by atoms with Crippen molar-refractivity contribution in [3.05, 3.63) is 0 Å². The Morgan fingerprint density at radius 3 is 2.40 bits per heavy atom. The Hall–Kier alpha value is -1.10. The Kier molecular flexibility index (Phi) is 5.02. The molecular formula is C15H25NO4. The van der Waals surface area contributed by atoms with Crippen LogP contribution in [0.25, 0.3) is 0 Å². The Balaban J connectivity index is 1.94. The summed E-state index contributed by atoms with van der Waals surface area (Å²) in [6.07, 6.45) is 5.83. The molecule has 0 spiro atoms. The highest BCUT2D eigenvalue weighted by Gasteiger charge is 2.40. The molecule has 2 atom stereocenters. The van der Waals surface area contributed by atoms with Gasteiger partial charge in [-0.1, -0.05) is 32.6 Å². The molecule has 2 N–H and O–H groups in total. The number of nitrogens with one attached hydrogen (secondary N) is 1. The standard InChI is InChI=1S/C15H25NO4/c1-11-6-9-20-12(11)13(17)16-10-15(14(18)19)7-4-2-3-5-8-15/h11-12H,2-10H2,1H3,(H,16,17)(H,18,19). The van der Waals surface area contributed by atoms with Crippen molar-refractivity contribution in [2.24, 2.45) is 11.3 Å². The molecule has 20 heavy (non-hydrogen) atoms. The summed E-state index contributed by atoms with van der Waals surface area (Å²) in [5.41, 5.74) is -0.784. The molecule has 2 fully saturated rings. The van der Waals surface area contributed by atoms with Gasteiger partial charge in [0.2, 0.25) is 5.91 Å². The molecule has 5 heteroatoms. The van der Waals surface area contributed by atoms with Gasteiger partial charge in [-0.3, -0.25) is 9.59 Å². The van der Waals surface area contributed by atoms with E-state index in [2.05, 4.69) is 5.32 Å². The van der Waals surface area contributed by atoms with Gasteiger partial charge in [-0.2, -0.15) is 0 Å². The van der Waals surface area contributed by atoms with Crippen LogP contribution < -0.4 is 5.32 Å². The zero-order chi connectivity index (χ0) is 14.6. The molecule has 5 nitrogen and oxygen atoms in total. The van der Waals surface area contributed by atoms with E-state index in [1.807, 2.05) is 6.92 Å². The number of carboxylic acid groups (broad SMARTS) is 1. The van der Waals surface area contributed by atoms with Crippen molar-refractivity contribution >= 4 is 11.9 Å². The summed E-state index contributed by atoms with van der Waals surface area (Å²) >= 11 is 0. The van der Waals surface area contributed by atoms with Crippen molar-refractivity contribution in [1.29, 1.82) is 0 Å².